The van der Waals surface area contributed by atoms with Crippen molar-refractivity contribution in [1.82, 2.24) is 9.55 Å². The molecule has 2 aromatic rings. The SMILES string of the molecule is Cn1cnc(S(=O)(=O)Nc2ccc(F)cc2C(=N)N)c1. The minimum Gasteiger partial charge on any atom is -0.384 e. The molecule has 0 atom stereocenters. The van der Waals surface area contributed by atoms with Crippen molar-refractivity contribution in [3.63, 3.8) is 0 Å². The number of anilines is 1. The van der Waals surface area contributed by atoms with Gasteiger partial charge in [0.15, 0.2) is 5.03 Å². The van der Waals surface area contributed by atoms with E-state index in [0.717, 1.165) is 12.1 Å². The summed E-state index contributed by atoms with van der Waals surface area (Å²) in [4.78, 5) is 3.73. The second kappa shape index (κ2) is 4.93. The Kier molecular flexibility index (Phi) is 3.45. The molecule has 20 heavy (non-hydrogen) atoms. The second-order valence-electron chi connectivity index (χ2n) is 4.09. The van der Waals surface area contributed by atoms with Crippen LogP contribution in [0.1, 0.15) is 5.56 Å². The average Bonchev–Trinajstić information content (AvgIpc) is 2.78. The Hall–Kier alpha value is -2.42. The van der Waals surface area contributed by atoms with Gasteiger partial charge in [-0.05, 0) is 18.2 Å². The average molecular weight is 297 g/mol. The maximum atomic E-state index is 13.1. The topological polar surface area (TPSA) is 114 Å². The zero-order valence-corrected chi connectivity index (χ0v) is 11.3. The highest BCUT2D eigenvalue weighted by molar-refractivity contribution is 7.92. The summed E-state index contributed by atoms with van der Waals surface area (Å²) in [6.07, 6.45) is 2.66. The lowest BCUT2D eigenvalue weighted by Crippen LogP contribution is -2.19. The number of aromatic nitrogens is 2. The van der Waals surface area contributed by atoms with Crippen LogP contribution in [0.3, 0.4) is 0 Å². The molecule has 0 aliphatic carbocycles. The number of amidine groups is 1. The van der Waals surface area contributed by atoms with E-state index in [9.17, 15) is 12.8 Å². The molecule has 0 saturated carbocycles. The number of hydrogen-bond acceptors (Lipinski definition) is 4. The van der Waals surface area contributed by atoms with Gasteiger partial charge in [0, 0.05) is 18.8 Å². The Morgan fingerprint density at radius 3 is 2.75 bits per heavy atom. The molecular formula is C11H12FN5O2S. The monoisotopic (exact) mass is 297 g/mol. The van der Waals surface area contributed by atoms with E-state index in [1.54, 1.807) is 7.05 Å². The third-order valence-corrected chi connectivity index (χ3v) is 3.72. The van der Waals surface area contributed by atoms with Gasteiger partial charge in [-0.25, -0.2) is 9.37 Å². The number of halogens is 1. The number of nitrogens with two attached hydrogens (primary N) is 1. The molecule has 2 rings (SSSR count). The highest BCUT2D eigenvalue weighted by Crippen LogP contribution is 2.20. The molecule has 0 spiro atoms. The van der Waals surface area contributed by atoms with E-state index in [0.29, 0.717) is 0 Å². The Labute approximate surface area is 114 Å². The van der Waals surface area contributed by atoms with E-state index < -0.39 is 21.7 Å². The summed E-state index contributed by atoms with van der Waals surface area (Å²) in [6.45, 7) is 0. The molecule has 0 fully saturated rings. The van der Waals surface area contributed by atoms with Crippen molar-refractivity contribution in [1.29, 1.82) is 5.41 Å². The lowest BCUT2D eigenvalue weighted by Gasteiger charge is -2.10. The van der Waals surface area contributed by atoms with Crippen LogP contribution in [-0.4, -0.2) is 23.8 Å². The zero-order valence-electron chi connectivity index (χ0n) is 10.5. The van der Waals surface area contributed by atoms with Crippen molar-refractivity contribution in [3.8, 4) is 0 Å². The lowest BCUT2D eigenvalue weighted by molar-refractivity contribution is 0.598. The molecule has 0 aliphatic rings. The van der Waals surface area contributed by atoms with E-state index in [4.69, 9.17) is 11.1 Å². The number of nitrogens with zero attached hydrogens (tertiary/aromatic N) is 2. The zero-order chi connectivity index (χ0) is 14.9. The van der Waals surface area contributed by atoms with E-state index >= 15 is 0 Å². The summed E-state index contributed by atoms with van der Waals surface area (Å²) in [5.74, 6) is -1.06. The summed E-state index contributed by atoms with van der Waals surface area (Å²) in [7, 11) is -2.29. The predicted octanol–water partition coefficient (Wildman–Crippen LogP) is 0.644. The van der Waals surface area contributed by atoms with E-state index in [1.807, 2.05) is 0 Å². The van der Waals surface area contributed by atoms with Crippen molar-refractivity contribution in [2.45, 2.75) is 5.03 Å². The summed E-state index contributed by atoms with van der Waals surface area (Å²) >= 11 is 0. The number of hydrogen-bond donors (Lipinski definition) is 3. The Balaban J connectivity index is 2.42. The summed E-state index contributed by atoms with van der Waals surface area (Å²) in [5.41, 5.74) is 5.29. The van der Waals surface area contributed by atoms with Gasteiger partial charge in [0.2, 0.25) is 0 Å². The van der Waals surface area contributed by atoms with E-state index in [1.165, 1.54) is 23.2 Å². The third kappa shape index (κ3) is 2.77. The molecule has 0 unspecified atom stereocenters. The Bertz CT molecular complexity index is 769. The number of sulfonamides is 1. The number of benzene rings is 1. The van der Waals surface area contributed by atoms with Crippen LogP contribution in [0.15, 0.2) is 35.7 Å². The third-order valence-electron chi connectivity index (χ3n) is 2.47. The van der Waals surface area contributed by atoms with Crippen LogP contribution < -0.4 is 10.5 Å². The van der Waals surface area contributed by atoms with Gasteiger partial charge in [0.25, 0.3) is 10.0 Å². The van der Waals surface area contributed by atoms with Crippen molar-refractivity contribution in [2.75, 3.05) is 4.72 Å². The van der Waals surface area contributed by atoms with Gasteiger partial charge in [-0.15, -0.1) is 0 Å². The van der Waals surface area contributed by atoms with Gasteiger partial charge in [0.05, 0.1) is 12.0 Å². The number of rotatable bonds is 4. The molecule has 4 N–H and O–H groups in total. The van der Waals surface area contributed by atoms with Gasteiger partial charge >= 0.3 is 0 Å². The standard InChI is InChI=1S/C11H12FN5O2S/c1-17-5-10(15-6-17)20(18,19)16-9-3-2-7(12)4-8(9)11(13)14/h2-6,16H,1H3,(H3,13,14). The number of nitrogen functional groups attached to an aromatic ring is 1. The van der Waals surface area contributed by atoms with Crippen LogP contribution in [0.2, 0.25) is 0 Å². The normalized spacial score (nSPS) is 11.3. The van der Waals surface area contributed by atoms with Crippen molar-refractivity contribution >= 4 is 21.5 Å². The van der Waals surface area contributed by atoms with E-state index in [2.05, 4.69) is 9.71 Å². The van der Waals surface area contributed by atoms with Gasteiger partial charge in [-0.1, -0.05) is 0 Å². The summed E-state index contributed by atoms with van der Waals surface area (Å²) < 4.78 is 41.0. The first-order chi connectivity index (χ1) is 9.29. The fourth-order valence-electron chi connectivity index (χ4n) is 1.55. The number of imidazole rings is 1. The van der Waals surface area contributed by atoms with Gasteiger partial charge in [-0.2, -0.15) is 8.42 Å². The maximum absolute atomic E-state index is 13.1. The minimum atomic E-state index is -3.92. The van der Waals surface area contributed by atoms with Gasteiger partial charge < -0.3 is 10.3 Å². The molecular weight excluding hydrogens is 285 g/mol. The first kappa shape index (κ1) is 14.0. The molecule has 1 heterocycles. The molecule has 0 aliphatic heterocycles. The Morgan fingerprint density at radius 2 is 2.20 bits per heavy atom. The fraction of sp³-hybridized carbons (Fsp3) is 0.0909. The summed E-state index contributed by atoms with van der Waals surface area (Å²) in [6, 6.07) is 3.26. The molecule has 9 heteroatoms. The fourth-order valence-corrected chi connectivity index (χ4v) is 2.62. The summed E-state index contributed by atoms with van der Waals surface area (Å²) in [5, 5.41) is 7.16. The molecule has 0 amide bonds. The highest BCUT2D eigenvalue weighted by Gasteiger charge is 2.19. The van der Waals surface area contributed by atoms with Gasteiger partial charge in [-0.3, -0.25) is 10.1 Å². The molecule has 0 radical (unpaired) electrons. The van der Waals surface area contributed by atoms with Crippen molar-refractivity contribution in [3.05, 3.63) is 42.1 Å². The van der Waals surface area contributed by atoms with Crippen molar-refractivity contribution in [2.24, 2.45) is 12.8 Å². The smallest absolute Gasteiger partial charge is 0.280 e. The maximum Gasteiger partial charge on any atom is 0.280 e. The first-order valence-corrected chi connectivity index (χ1v) is 6.92. The van der Waals surface area contributed by atoms with Crippen LogP contribution in [0.5, 0.6) is 0 Å². The quantitative estimate of drug-likeness (QED) is 0.567. The number of aryl methyl sites for hydroxylation is 1. The molecule has 1 aromatic heterocycles. The van der Waals surface area contributed by atoms with Crippen LogP contribution in [-0.2, 0) is 17.1 Å². The molecule has 0 saturated heterocycles. The van der Waals surface area contributed by atoms with Crippen LogP contribution in [0.4, 0.5) is 10.1 Å². The minimum absolute atomic E-state index is 0.0181. The highest BCUT2D eigenvalue weighted by atomic mass is 32.2. The van der Waals surface area contributed by atoms with Crippen molar-refractivity contribution < 1.29 is 12.8 Å². The van der Waals surface area contributed by atoms with Crippen LogP contribution in [0.25, 0.3) is 0 Å². The second-order valence-corrected chi connectivity index (χ2v) is 5.72. The predicted molar refractivity (Wildman–Crippen MR) is 71.4 cm³/mol. The first-order valence-electron chi connectivity index (χ1n) is 5.44. The van der Waals surface area contributed by atoms with E-state index in [-0.39, 0.29) is 16.3 Å². The lowest BCUT2D eigenvalue weighted by atomic mass is 10.1. The Morgan fingerprint density at radius 1 is 1.50 bits per heavy atom. The van der Waals surface area contributed by atoms with Gasteiger partial charge in [0.1, 0.15) is 11.7 Å². The largest absolute Gasteiger partial charge is 0.384 e. The van der Waals surface area contributed by atoms with Crippen LogP contribution >= 0.6 is 0 Å². The molecule has 1 aromatic carbocycles. The molecule has 7 nitrogen and oxygen atoms in total. The molecule has 0 bridgehead atoms. The molecule has 106 valence electrons. The number of nitrogens with one attached hydrogen (secondary N) is 2. The van der Waals surface area contributed by atoms with Crippen LogP contribution in [0, 0.1) is 11.2 Å².